The molecule has 31 heavy (non-hydrogen) atoms. The van der Waals surface area contributed by atoms with Crippen molar-refractivity contribution in [1.29, 1.82) is 0 Å². The summed E-state index contributed by atoms with van der Waals surface area (Å²) in [6, 6.07) is 6.83. The van der Waals surface area contributed by atoms with E-state index in [-0.39, 0.29) is 17.5 Å². The lowest BCUT2D eigenvalue weighted by Crippen LogP contribution is -2.47. The molecule has 0 aliphatic heterocycles. The van der Waals surface area contributed by atoms with Crippen molar-refractivity contribution >= 4 is 34.4 Å². The van der Waals surface area contributed by atoms with Gasteiger partial charge < -0.3 is 14.0 Å². The number of hydrogen-bond acceptors (Lipinski definition) is 5. The molecule has 2 heterocycles. The Labute approximate surface area is 182 Å². The van der Waals surface area contributed by atoms with Crippen LogP contribution in [0.25, 0.3) is 11.0 Å². The van der Waals surface area contributed by atoms with E-state index >= 15 is 0 Å². The number of amides is 1. The fraction of sp³-hybridized carbons (Fsp3) is 0.381. The number of ether oxygens (including phenoxy) is 2. The van der Waals surface area contributed by atoms with Crippen molar-refractivity contribution in [3.8, 4) is 11.5 Å². The molecule has 1 aliphatic carbocycles. The summed E-state index contributed by atoms with van der Waals surface area (Å²) in [5.74, 6) is -2.78. The van der Waals surface area contributed by atoms with Gasteiger partial charge in [0.2, 0.25) is 11.8 Å². The smallest absolute Gasteiger partial charge is 0.249 e. The molecule has 10 heteroatoms. The number of hydrogen-bond donors (Lipinski definition) is 0. The van der Waals surface area contributed by atoms with E-state index in [0.29, 0.717) is 28.1 Å². The largest absolute Gasteiger partial charge is 0.497 e. The normalized spacial score (nSPS) is 15.5. The topological polar surface area (TPSA) is 69.5 Å². The molecule has 164 valence electrons. The van der Waals surface area contributed by atoms with E-state index in [1.165, 1.54) is 19.1 Å². The van der Waals surface area contributed by atoms with Gasteiger partial charge in [-0.1, -0.05) is 11.6 Å². The molecular formula is C21H21ClF2N4O3. The van der Waals surface area contributed by atoms with Crippen LogP contribution in [0, 0.1) is 5.92 Å². The summed E-state index contributed by atoms with van der Waals surface area (Å²) in [4.78, 5) is 23.4. The Bertz CT molecular complexity index is 1140. The van der Waals surface area contributed by atoms with Gasteiger partial charge in [-0.05, 0) is 12.1 Å². The molecule has 1 fully saturated rings. The first-order valence-electron chi connectivity index (χ1n) is 9.60. The molecule has 4 rings (SSSR count). The Kier molecular flexibility index (Phi) is 5.47. The molecule has 7 nitrogen and oxygen atoms in total. The number of aryl methyl sites for hydroxylation is 1. The second-order valence-corrected chi connectivity index (χ2v) is 7.94. The molecule has 0 saturated heterocycles. The monoisotopic (exact) mass is 450 g/mol. The van der Waals surface area contributed by atoms with Gasteiger partial charge in [0.25, 0.3) is 0 Å². The summed E-state index contributed by atoms with van der Waals surface area (Å²) >= 11 is 6.22. The minimum Gasteiger partial charge on any atom is -0.497 e. The second-order valence-electron chi connectivity index (χ2n) is 7.56. The minimum atomic E-state index is -2.83. The van der Waals surface area contributed by atoms with E-state index in [0.717, 1.165) is 0 Å². The van der Waals surface area contributed by atoms with Crippen LogP contribution in [0.1, 0.15) is 18.4 Å². The lowest BCUT2D eigenvalue weighted by Gasteiger charge is -2.37. The van der Waals surface area contributed by atoms with E-state index in [4.69, 9.17) is 21.1 Å². The first-order chi connectivity index (χ1) is 14.7. The van der Waals surface area contributed by atoms with Crippen LogP contribution in [-0.4, -0.2) is 40.6 Å². The molecule has 0 N–H and O–H groups in total. The van der Waals surface area contributed by atoms with Crippen LogP contribution < -0.4 is 14.4 Å². The molecule has 3 aromatic rings. The van der Waals surface area contributed by atoms with E-state index in [1.807, 2.05) is 0 Å². The predicted molar refractivity (Wildman–Crippen MR) is 112 cm³/mol. The van der Waals surface area contributed by atoms with Gasteiger partial charge in [-0.2, -0.15) is 0 Å². The third kappa shape index (κ3) is 4.01. The quantitative estimate of drug-likeness (QED) is 0.526. The van der Waals surface area contributed by atoms with E-state index in [9.17, 15) is 13.6 Å². The first kappa shape index (κ1) is 21.3. The van der Waals surface area contributed by atoms with Crippen LogP contribution in [0.5, 0.6) is 11.5 Å². The molecule has 1 aromatic carbocycles. The summed E-state index contributed by atoms with van der Waals surface area (Å²) < 4.78 is 39.4. The fourth-order valence-electron chi connectivity index (χ4n) is 3.74. The third-order valence-electron chi connectivity index (χ3n) is 5.45. The number of carbonyl (C=O) groups excluding carboxylic acids is 1. The van der Waals surface area contributed by atoms with Crippen molar-refractivity contribution < 1.29 is 23.0 Å². The van der Waals surface area contributed by atoms with Crippen LogP contribution in [-0.2, 0) is 18.4 Å². The van der Waals surface area contributed by atoms with Gasteiger partial charge >= 0.3 is 0 Å². The number of aromatic nitrogens is 3. The maximum absolute atomic E-state index is 13.5. The summed E-state index contributed by atoms with van der Waals surface area (Å²) in [7, 11) is 4.83. The van der Waals surface area contributed by atoms with E-state index < -0.39 is 30.6 Å². The lowest BCUT2D eigenvalue weighted by molar-refractivity contribution is -0.147. The average molecular weight is 451 g/mol. The van der Waals surface area contributed by atoms with Crippen molar-refractivity contribution in [3.63, 3.8) is 0 Å². The van der Waals surface area contributed by atoms with Gasteiger partial charge in [0.05, 0.1) is 32.6 Å². The fourth-order valence-corrected chi connectivity index (χ4v) is 3.92. The Hall–Kier alpha value is -2.94. The zero-order chi connectivity index (χ0) is 22.3. The summed E-state index contributed by atoms with van der Waals surface area (Å²) in [6.45, 7) is 0.0487. The molecule has 0 unspecified atom stereocenters. The highest BCUT2D eigenvalue weighted by atomic mass is 35.5. The van der Waals surface area contributed by atoms with Crippen molar-refractivity contribution in [3.05, 3.63) is 41.3 Å². The highest BCUT2D eigenvalue weighted by Crippen LogP contribution is 2.44. The number of alkyl halides is 2. The number of methoxy groups -OCH3 is 2. The summed E-state index contributed by atoms with van der Waals surface area (Å²) in [5, 5.41) is 0.171. The van der Waals surface area contributed by atoms with E-state index in [1.54, 1.807) is 42.2 Å². The molecule has 0 bridgehead atoms. The Morgan fingerprint density at radius 2 is 2.03 bits per heavy atom. The average Bonchev–Trinajstić information content (AvgIpc) is 3.09. The Morgan fingerprint density at radius 3 is 2.68 bits per heavy atom. The van der Waals surface area contributed by atoms with E-state index in [2.05, 4.69) is 9.97 Å². The van der Waals surface area contributed by atoms with Crippen LogP contribution in [0.3, 0.4) is 0 Å². The maximum Gasteiger partial charge on any atom is 0.249 e. The molecule has 1 saturated carbocycles. The number of fused-ring (bicyclic) bond motifs is 1. The van der Waals surface area contributed by atoms with Gasteiger partial charge in [0.1, 0.15) is 22.2 Å². The SMILES string of the molecule is COc1ccc(CN(C(=O)C2CC(F)(F)C2)c2nc(Cl)cc3c2ncn3C)c(OC)c1. The first-order valence-corrected chi connectivity index (χ1v) is 9.98. The number of anilines is 1. The Balaban J connectivity index is 1.79. The molecular weight excluding hydrogens is 430 g/mol. The number of carbonyl (C=O) groups is 1. The maximum atomic E-state index is 13.5. The zero-order valence-corrected chi connectivity index (χ0v) is 18.0. The number of rotatable bonds is 6. The highest BCUT2D eigenvalue weighted by Gasteiger charge is 2.50. The van der Waals surface area contributed by atoms with Crippen molar-refractivity contribution in [2.45, 2.75) is 25.3 Å². The zero-order valence-electron chi connectivity index (χ0n) is 17.2. The number of halogens is 3. The van der Waals surface area contributed by atoms with Gasteiger partial charge in [-0.25, -0.2) is 18.7 Å². The van der Waals surface area contributed by atoms with Gasteiger partial charge in [0, 0.05) is 43.5 Å². The molecule has 2 aromatic heterocycles. The third-order valence-corrected chi connectivity index (χ3v) is 5.64. The van der Waals surface area contributed by atoms with Gasteiger partial charge in [-0.15, -0.1) is 0 Å². The molecule has 1 aliphatic rings. The number of nitrogens with zero attached hydrogens (tertiary/aromatic N) is 4. The van der Waals surface area contributed by atoms with Gasteiger partial charge in [-0.3, -0.25) is 9.69 Å². The molecule has 0 radical (unpaired) electrons. The minimum absolute atomic E-state index is 0.0487. The Morgan fingerprint density at radius 1 is 1.29 bits per heavy atom. The standard InChI is InChI=1S/C21H21ClF2N4O3/c1-27-11-25-18-15(27)7-17(22)26-19(18)28(20(29)13-8-21(23,24)9-13)10-12-4-5-14(30-2)6-16(12)31-3/h4-7,11,13H,8-10H2,1-3H3. The second kappa shape index (κ2) is 7.96. The number of pyridine rings is 1. The van der Waals surface area contributed by atoms with Crippen LogP contribution in [0.4, 0.5) is 14.6 Å². The molecule has 1 amide bonds. The van der Waals surface area contributed by atoms with Crippen molar-refractivity contribution in [2.75, 3.05) is 19.1 Å². The summed E-state index contributed by atoms with van der Waals surface area (Å²) in [6.07, 6.45) is 0.600. The van der Waals surface area contributed by atoms with Gasteiger partial charge in [0.15, 0.2) is 5.82 Å². The summed E-state index contributed by atoms with van der Waals surface area (Å²) in [5.41, 5.74) is 1.79. The predicted octanol–water partition coefficient (Wildman–Crippen LogP) is 4.22. The molecule has 0 spiro atoms. The van der Waals surface area contributed by atoms with Crippen LogP contribution in [0.15, 0.2) is 30.6 Å². The van der Waals surface area contributed by atoms with Crippen LogP contribution >= 0.6 is 11.6 Å². The van der Waals surface area contributed by atoms with Crippen LogP contribution in [0.2, 0.25) is 5.15 Å². The number of imidazole rings is 1. The highest BCUT2D eigenvalue weighted by molar-refractivity contribution is 6.30. The van der Waals surface area contributed by atoms with Crippen molar-refractivity contribution in [1.82, 2.24) is 14.5 Å². The molecule has 0 atom stereocenters. The van der Waals surface area contributed by atoms with Crippen molar-refractivity contribution in [2.24, 2.45) is 13.0 Å². The number of benzene rings is 1. The lowest BCUT2D eigenvalue weighted by atomic mass is 9.80.